The summed E-state index contributed by atoms with van der Waals surface area (Å²) in [6.45, 7) is 0. The van der Waals surface area contributed by atoms with Crippen molar-refractivity contribution < 1.29 is 13.6 Å². The summed E-state index contributed by atoms with van der Waals surface area (Å²) in [5.41, 5.74) is 7.21. The van der Waals surface area contributed by atoms with Gasteiger partial charge in [-0.05, 0) is 189 Å². The minimum atomic E-state index is -1.95. The third kappa shape index (κ3) is 7.53. The first kappa shape index (κ1) is 37.8. The predicted octanol–water partition coefficient (Wildman–Crippen LogP) is 17.4. The predicted molar refractivity (Wildman–Crippen MR) is 269 cm³/mol. The SMILES string of the molecule is c1ccc(-c2ccc3cc4cc(OP(Oc5ccc6cc7cc(-c8ccccc8)ccc7cc6c5)Oc5ccc6cc7cc(-c8ccccc8)ccc7cc6c5)ccc4cc3c2)cc1. The van der Waals surface area contributed by atoms with Crippen LogP contribution in [0.4, 0.5) is 0 Å². The van der Waals surface area contributed by atoms with Gasteiger partial charge in [-0.3, -0.25) is 0 Å². The Morgan fingerprint density at radius 3 is 0.719 bits per heavy atom. The molecule has 0 N–H and O–H groups in total. The Labute approximate surface area is 372 Å². The average Bonchev–Trinajstić information content (AvgIpc) is 3.34. The third-order valence-corrected chi connectivity index (χ3v) is 13.2. The van der Waals surface area contributed by atoms with Gasteiger partial charge in [-0.15, -0.1) is 0 Å². The van der Waals surface area contributed by atoms with Crippen LogP contribution in [-0.2, 0) is 0 Å². The zero-order valence-corrected chi connectivity index (χ0v) is 35.6. The van der Waals surface area contributed by atoms with Gasteiger partial charge in [-0.1, -0.05) is 146 Å². The molecule has 0 aromatic heterocycles. The number of hydrogen-bond donors (Lipinski definition) is 0. The normalized spacial score (nSPS) is 11.6. The molecule has 0 fully saturated rings. The molecule has 0 heterocycles. The van der Waals surface area contributed by atoms with Crippen LogP contribution in [0.3, 0.4) is 0 Å². The van der Waals surface area contributed by atoms with Crippen molar-refractivity contribution in [3.63, 3.8) is 0 Å². The van der Waals surface area contributed by atoms with Gasteiger partial charge in [0.05, 0.1) is 0 Å². The molecule has 0 saturated carbocycles. The van der Waals surface area contributed by atoms with Crippen LogP contribution < -0.4 is 13.6 Å². The highest BCUT2D eigenvalue weighted by Crippen LogP contribution is 2.45. The Bertz CT molecular complexity index is 3310. The Morgan fingerprint density at radius 2 is 0.438 bits per heavy atom. The second-order valence-electron chi connectivity index (χ2n) is 16.4. The highest BCUT2D eigenvalue weighted by molar-refractivity contribution is 7.43. The monoisotopic (exact) mass is 838 g/mol. The van der Waals surface area contributed by atoms with Gasteiger partial charge in [0.25, 0.3) is 0 Å². The average molecular weight is 839 g/mol. The lowest BCUT2D eigenvalue weighted by molar-refractivity contribution is 0.389. The molecule has 0 spiro atoms. The van der Waals surface area contributed by atoms with Gasteiger partial charge in [-0.25, -0.2) is 0 Å². The number of hydrogen-bond acceptors (Lipinski definition) is 3. The Hall–Kier alpha value is -7.97. The quantitative estimate of drug-likeness (QED) is 0.107. The second-order valence-corrected chi connectivity index (χ2v) is 17.4. The van der Waals surface area contributed by atoms with Crippen LogP contribution in [-0.4, -0.2) is 0 Å². The third-order valence-electron chi connectivity index (χ3n) is 12.2. The van der Waals surface area contributed by atoms with Crippen molar-refractivity contribution in [2.75, 3.05) is 0 Å². The smallest absolute Gasteiger partial charge is 0.408 e. The van der Waals surface area contributed by atoms with Crippen molar-refractivity contribution in [2.45, 2.75) is 0 Å². The van der Waals surface area contributed by atoms with E-state index >= 15 is 0 Å². The molecule has 0 aliphatic carbocycles. The fourth-order valence-electron chi connectivity index (χ4n) is 8.84. The molecular formula is C60H39O3P. The maximum absolute atomic E-state index is 6.71. The standard InChI is InChI=1S/C60H39O3P/c1-4-10-40(11-5-1)43-16-19-46-34-55-37-58(25-22-49(55)31-52(46)28-43)61-64(62-59-26-23-50-32-53-29-44(41-12-6-2-7-13-41)17-20-47(53)35-56(50)38-59)63-60-27-24-51-33-54-30-45(42-14-8-3-9-15-42)18-21-48(54)36-57(51)39-60/h1-39H. The van der Waals surface area contributed by atoms with Gasteiger partial charge in [0.2, 0.25) is 0 Å². The van der Waals surface area contributed by atoms with Gasteiger partial charge in [0, 0.05) is 0 Å². The summed E-state index contributed by atoms with van der Waals surface area (Å²) in [6, 6.07) is 83.5. The van der Waals surface area contributed by atoms with Crippen molar-refractivity contribution in [3.8, 4) is 50.6 Å². The topological polar surface area (TPSA) is 27.7 Å². The van der Waals surface area contributed by atoms with Crippen molar-refractivity contribution in [1.82, 2.24) is 0 Å². The molecular weight excluding hydrogens is 800 g/mol. The molecule has 0 amide bonds. The summed E-state index contributed by atoms with van der Waals surface area (Å²) in [5.74, 6) is 2.00. The lowest BCUT2D eigenvalue weighted by Crippen LogP contribution is -2.02. The zero-order chi connectivity index (χ0) is 42.4. The lowest BCUT2D eigenvalue weighted by Gasteiger charge is -2.19. The van der Waals surface area contributed by atoms with E-state index in [1.54, 1.807) is 0 Å². The van der Waals surface area contributed by atoms with Crippen LogP contribution in [0.2, 0.25) is 0 Å². The van der Waals surface area contributed by atoms with E-state index in [9.17, 15) is 0 Å². The fraction of sp³-hybridized carbons (Fsp3) is 0. The molecule has 64 heavy (non-hydrogen) atoms. The van der Waals surface area contributed by atoms with Gasteiger partial charge in [0.15, 0.2) is 0 Å². The second kappa shape index (κ2) is 16.1. The number of fused-ring (bicyclic) bond motifs is 6. The summed E-state index contributed by atoms with van der Waals surface area (Å²) < 4.78 is 20.1. The van der Waals surface area contributed by atoms with E-state index in [1.165, 1.54) is 65.7 Å². The van der Waals surface area contributed by atoms with Crippen molar-refractivity contribution in [2.24, 2.45) is 0 Å². The molecule has 0 bridgehead atoms. The van der Waals surface area contributed by atoms with Crippen LogP contribution in [0, 0.1) is 0 Å². The zero-order valence-electron chi connectivity index (χ0n) is 34.7. The van der Waals surface area contributed by atoms with Gasteiger partial charge < -0.3 is 13.6 Å². The summed E-state index contributed by atoms with van der Waals surface area (Å²) in [7, 11) is -1.95. The highest BCUT2D eigenvalue weighted by atomic mass is 31.2. The molecule has 0 atom stereocenters. The fourth-order valence-corrected chi connectivity index (χ4v) is 9.81. The van der Waals surface area contributed by atoms with E-state index in [0.717, 1.165) is 32.3 Å². The minimum absolute atomic E-state index is 0.667. The first-order valence-corrected chi connectivity index (χ1v) is 22.6. The molecule has 0 unspecified atom stereocenters. The van der Waals surface area contributed by atoms with Crippen molar-refractivity contribution in [3.05, 3.63) is 237 Å². The van der Waals surface area contributed by atoms with E-state index < -0.39 is 8.60 Å². The molecule has 3 nitrogen and oxygen atoms in total. The highest BCUT2D eigenvalue weighted by Gasteiger charge is 2.21. The van der Waals surface area contributed by atoms with Crippen molar-refractivity contribution >= 4 is 73.2 Å². The van der Waals surface area contributed by atoms with Gasteiger partial charge in [-0.2, -0.15) is 0 Å². The maximum atomic E-state index is 6.71. The van der Waals surface area contributed by atoms with Crippen molar-refractivity contribution in [1.29, 1.82) is 0 Å². The Balaban J connectivity index is 0.876. The summed E-state index contributed by atoms with van der Waals surface area (Å²) in [6.07, 6.45) is 0. The molecule has 0 radical (unpaired) electrons. The molecule has 12 aromatic carbocycles. The summed E-state index contributed by atoms with van der Waals surface area (Å²) in [4.78, 5) is 0. The number of rotatable bonds is 9. The summed E-state index contributed by atoms with van der Waals surface area (Å²) >= 11 is 0. The van der Waals surface area contributed by atoms with Crippen LogP contribution in [0.15, 0.2) is 237 Å². The largest absolute Gasteiger partial charge is 0.530 e. The van der Waals surface area contributed by atoms with E-state index in [-0.39, 0.29) is 0 Å². The van der Waals surface area contributed by atoms with Crippen LogP contribution >= 0.6 is 8.60 Å². The molecule has 0 aliphatic rings. The first-order chi connectivity index (χ1) is 31.6. The molecule has 12 rings (SSSR count). The van der Waals surface area contributed by atoms with Crippen LogP contribution in [0.5, 0.6) is 17.2 Å². The molecule has 0 saturated heterocycles. The lowest BCUT2D eigenvalue weighted by atomic mass is 9.98. The van der Waals surface area contributed by atoms with Gasteiger partial charge in [0.1, 0.15) is 17.2 Å². The minimum Gasteiger partial charge on any atom is -0.408 e. The summed E-state index contributed by atoms with van der Waals surface area (Å²) in [5, 5.41) is 13.7. The Morgan fingerprint density at radius 1 is 0.188 bits per heavy atom. The van der Waals surface area contributed by atoms with Crippen LogP contribution in [0.25, 0.3) is 98.0 Å². The molecule has 302 valence electrons. The maximum Gasteiger partial charge on any atom is 0.530 e. The van der Waals surface area contributed by atoms with E-state index in [0.29, 0.717) is 17.2 Å². The van der Waals surface area contributed by atoms with Crippen LogP contribution in [0.1, 0.15) is 0 Å². The van der Waals surface area contributed by atoms with Gasteiger partial charge >= 0.3 is 8.60 Å². The van der Waals surface area contributed by atoms with E-state index in [2.05, 4.69) is 218 Å². The number of benzene rings is 12. The van der Waals surface area contributed by atoms with E-state index in [4.69, 9.17) is 13.6 Å². The molecule has 0 aliphatic heterocycles. The molecule has 12 aromatic rings. The Kier molecular flexibility index (Phi) is 9.47. The van der Waals surface area contributed by atoms with E-state index in [1.807, 2.05) is 18.2 Å². The molecule has 4 heteroatoms. The first-order valence-electron chi connectivity index (χ1n) is 21.5.